The summed E-state index contributed by atoms with van der Waals surface area (Å²) >= 11 is 1.26. The second-order valence-corrected chi connectivity index (χ2v) is 8.08. The Morgan fingerprint density at radius 2 is 1.04 bits per heavy atom. The average molecular weight is 319 g/mol. The van der Waals surface area contributed by atoms with E-state index >= 15 is 0 Å². The van der Waals surface area contributed by atoms with Crippen LogP contribution >= 0.6 is 0 Å². The lowest BCUT2D eigenvalue weighted by Gasteiger charge is -2.19. The summed E-state index contributed by atoms with van der Waals surface area (Å²) in [6.45, 7) is 6.75. The third-order valence-electron chi connectivity index (χ3n) is 3.97. The number of rotatable bonds is 3. The first kappa shape index (κ1) is 15.9. The summed E-state index contributed by atoms with van der Waals surface area (Å²) in [4.78, 5) is 2.65. The van der Waals surface area contributed by atoms with Gasteiger partial charge in [-0.2, -0.15) is 0 Å². The Labute approximate surface area is 143 Å². The van der Waals surface area contributed by atoms with Crippen molar-refractivity contribution in [3.8, 4) is 11.1 Å². The lowest BCUT2D eigenvalue weighted by Crippen LogP contribution is -2.10. The predicted octanol–water partition coefficient (Wildman–Crippen LogP) is 5.88. The Morgan fingerprint density at radius 1 is 0.565 bits per heavy atom. The maximum Gasteiger partial charge on any atom is 0.158 e. The molecule has 0 aliphatic carbocycles. The van der Waals surface area contributed by atoms with Gasteiger partial charge in [-0.1, -0.05) is 63.2 Å². The van der Waals surface area contributed by atoms with Crippen molar-refractivity contribution < 1.29 is 0 Å². The summed E-state index contributed by atoms with van der Waals surface area (Å²) in [6.07, 6.45) is 0. The summed E-state index contributed by atoms with van der Waals surface area (Å²) in [5.74, 6) is 0. The molecular weight excluding hydrogens is 296 g/mol. The normalized spacial score (nSPS) is 11.4. The highest BCUT2D eigenvalue weighted by Gasteiger charge is 2.13. The van der Waals surface area contributed by atoms with Crippen LogP contribution in [0, 0.1) is 0 Å². The molecule has 3 aromatic rings. The van der Waals surface area contributed by atoms with Crippen LogP contribution in [-0.4, -0.2) is 0 Å². The van der Waals surface area contributed by atoms with Gasteiger partial charge in [0.2, 0.25) is 0 Å². The van der Waals surface area contributed by atoms with E-state index in [1.165, 1.54) is 38.2 Å². The quantitative estimate of drug-likeness (QED) is 0.417. The fourth-order valence-electron chi connectivity index (χ4n) is 2.54. The average Bonchev–Trinajstić information content (AvgIpc) is 2.56. The maximum atomic E-state index is 2.25. The fraction of sp³-hybridized carbons (Fsp3) is 0.182. The van der Waals surface area contributed by atoms with Gasteiger partial charge in [0.15, 0.2) is 9.79 Å². The molecule has 0 nitrogen and oxygen atoms in total. The minimum Gasteiger partial charge on any atom is -0.0619 e. The van der Waals surface area contributed by atoms with E-state index in [-0.39, 0.29) is 5.41 Å². The molecule has 0 bridgehead atoms. The second-order valence-electron chi connectivity index (χ2n) is 6.82. The number of hydrogen-bond acceptors (Lipinski definition) is 0. The molecule has 3 aromatic carbocycles. The minimum absolute atomic E-state index is 0.205. The molecule has 0 heterocycles. The SMILES string of the molecule is CC(C)(C)c1ccc(-c2ccc([SH+]c3ccccc3)cc2)cc1. The van der Waals surface area contributed by atoms with Crippen LogP contribution < -0.4 is 0 Å². The highest BCUT2D eigenvalue weighted by atomic mass is 32.2. The van der Waals surface area contributed by atoms with Gasteiger partial charge in [0, 0.05) is 11.8 Å². The molecule has 0 unspecified atom stereocenters. The Morgan fingerprint density at radius 3 is 1.57 bits per heavy atom. The highest BCUT2D eigenvalue weighted by molar-refractivity contribution is 7.78. The van der Waals surface area contributed by atoms with Gasteiger partial charge >= 0.3 is 0 Å². The lowest BCUT2D eigenvalue weighted by molar-refractivity contribution is 0.590. The van der Waals surface area contributed by atoms with E-state index in [0.29, 0.717) is 0 Å². The van der Waals surface area contributed by atoms with Crippen molar-refractivity contribution in [3.63, 3.8) is 0 Å². The Kier molecular flexibility index (Phi) is 4.58. The summed E-state index contributed by atoms with van der Waals surface area (Å²) in [7, 11) is 0. The van der Waals surface area contributed by atoms with Crippen LogP contribution in [0.1, 0.15) is 26.3 Å². The Balaban J connectivity index is 1.77. The van der Waals surface area contributed by atoms with E-state index in [1.54, 1.807) is 0 Å². The van der Waals surface area contributed by atoms with Crippen molar-refractivity contribution >= 4 is 11.8 Å². The van der Waals surface area contributed by atoms with E-state index in [1.807, 2.05) is 0 Å². The van der Waals surface area contributed by atoms with Crippen LogP contribution in [0.25, 0.3) is 11.1 Å². The minimum atomic E-state index is 0.205. The zero-order chi connectivity index (χ0) is 16.3. The van der Waals surface area contributed by atoms with E-state index in [0.717, 1.165) is 0 Å². The molecule has 3 rings (SSSR count). The van der Waals surface area contributed by atoms with Gasteiger partial charge in [-0.3, -0.25) is 0 Å². The molecule has 116 valence electrons. The van der Waals surface area contributed by atoms with Gasteiger partial charge in [-0.05, 0) is 58.5 Å². The zero-order valence-corrected chi connectivity index (χ0v) is 14.8. The first-order valence-corrected chi connectivity index (χ1v) is 8.90. The third-order valence-corrected chi connectivity index (χ3v) is 5.08. The smallest absolute Gasteiger partial charge is 0.0619 e. The van der Waals surface area contributed by atoms with Crippen molar-refractivity contribution in [2.45, 2.75) is 36.0 Å². The maximum absolute atomic E-state index is 2.25. The van der Waals surface area contributed by atoms with E-state index in [2.05, 4.69) is 99.6 Å². The van der Waals surface area contributed by atoms with E-state index in [9.17, 15) is 0 Å². The van der Waals surface area contributed by atoms with Crippen LogP contribution in [0.5, 0.6) is 0 Å². The summed E-state index contributed by atoms with van der Waals surface area (Å²) in [5.41, 5.74) is 4.13. The first-order valence-electron chi connectivity index (χ1n) is 8.00. The molecule has 0 amide bonds. The molecule has 0 saturated heterocycles. The molecule has 0 aliphatic heterocycles. The Hall–Kier alpha value is -1.99. The van der Waals surface area contributed by atoms with Crippen LogP contribution in [0.4, 0.5) is 0 Å². The van der Waals surface area contributed by atoms with Crippen LogP contribution in [0.3, 0.4) is 0 Å². The zero-order valence-electron chi connectivity index (χ0n) is 14.0. The summed E-state index contributed by atoms with van der Waals surface area (Å²) < 4.78 is 0. The number of benzene rings is 3. The molecule has 0 atom stereocenters. The van der Waals surface area contributed by atoms with Crippen molar-refractivity contribution in [2.24, 2.45) is 0 Å². The molecule has 0 fully saturated rings. The summed E-state index contributed by atoms with van der Waals surface area (Å²) in [6, 6.07) is 28.4. The van der Waals surface area contributed by atoms with Gasteiger partial charge in [0.1, 0.15) is 0 Å². The monoisotopic (exact) mass is 319 g/mol. The van der Waals surface area contributed by atoms with Crippen LogP contribution in [0.15, 0.2) is 88.7 Å². The molecule has 1 heteroatoms. The van der Waals surface area contributed by atoms with Gasteiger partial charge in [-0.25, -0.2) is 0 Å². The summed E-state index contributed by atoms with van der Waals surface area (Å²) in [5, 5.41) is 0. The standard InChI is InChI=1S/C22H22S/c1-22(2,3)19-13-9-17(10-14-19)18-11-15-21(16-12-18)23-20-7-5-4-6-8-20/h4-16H,1-3H3/p+1. The van der Waals surface area contributed by atoms with E-state index in [4.69, 9.17) is 0 Å². The molecular formula is C22H23S+. The lowest BCUT2D eigenvalue weighted by atomic mass is 9.86. The van der Waals surface area contributed by atoms with Gasteiger partial charge in [0.25, 0.3) is 0 Å². The van der Waals surface area contributed by atoms with Crippen molar-refractivity contribution in [3.05, 3.63) is 84.4 Å². The topological polar surface area (TPSA) is 0 Å². The van der Waals surface area contributed by atoms with Crippen molar-refractivity contribution in [1.29, 1.82) is 0 Å². The Bertz CT molecular complexity index is 748. The fourth-order valence-corrected chi connectivity index (χ4v) is 3.46. The molecule has 0 saturated carbocycles. The van der Waals surface area contributed by atoms with Crippen LogP contribution in [-0.2, 0) is 17.2 Å². The predicted molar refractivity (Wildman–Crippen MR) is 102 cm³/mol. The van der Waals surface area contributed by atoms with Crippen molar-refractivity contribution in [1.82, 2.24) is 0 Å². The van der Waals surface area contributed by atoms with E-state index < -0.39 is 0 Å². The van der Waals surface area contributed by atoms with Gasteiger partial charge in [0.05, 0.1) is 0 Å². The molecule has 0 radical (unpaired) electrons. The molecule has 0 N–H and O–H groups in total. The second kappa shape index (κ2) is 6.64. The molecule has 23 heavy (non-hydrogen) atoms. The van der Waals surface area contributed by atoms with Crippen molar-refractivity contribution in [2.75, 3.05) is 0 Å². The molecule has 0 aliphatic rings. The van der Waals surface area contributed by atoms with Gasteiger partial charge in [-0.15, -0.1) is 0 Å². The largest absolute Gasteiger partial charge is 0.158 e. The number of hydrogen-bond donors (Lipinski definition) is 0. The van der Waals surface area contributed by atoms with Gasteiger partial charge < -0.3 is 0 Å². The third kappa shape index (κ3) is 4.05. The molecule has 0 spiro atoms. The first-order chi connectivity index (χ1) is 11.0. The van der Waals surface area contributed by atoms with Crippen LogP contribution in [0.2, 0.25) is 0 Å². The highest BCUT2D eigenvalue weighted by Crippen LogP contribution is 2.26. The molecule has 0 aromatic heterocycles. The number of thiol groups is 1.